The van der Waals surface area contributed by atoms with Crippen LogP contribution < -0.4 is 11.5 Å². The molecule has 5 N–H and O–H groups in total. The fourth-order valence-electron chi connectivity index (χ4n) is 1.64. The van der Waals surface area contributed by atoms with Gasteiger partial charge in [-0.2, -0.15) is 0 Å². The van der Waals surface area contributed by atoms with E-state index in [2.05, 4.69) is 0 Å². The molecule has 1 unspecified atom stereocenters. The van der Waals surface area contributed by atoms with Gasteiger partial charge in [-0.05, 0) is 20.3 Å². The van der Waals surface area contributed by atoms with Crippen molar-refractivity contribution in [3.8, 4) is 0 Å². The second kappa shape index (κ2) is 6.48. The Morgan fingerprint density at radius 2 is 1.79 bits per heavy atom. The molecule has 0 aromatic heterocycles. The maximum absolute atomic E-state index is 11.8. The van der Waals surface area contributed by atoms with E-state index in [0.29, 0.717) is 0 Å². The maximum atomic E-state index is 11.8. The highest BCUT2D eigenvalue weighted by atomic mass is 16.6. The summed E-state index contributed by atoms with van der Waals surface area (Å²) in [4.78, 5) is 34.6. The predicted octanol–water partition coefficient (Wildman–Crippen LogP) is -0.998. The largest absolute Gasteiger partial charge is 0.478 e. The van der Waals surface area contributed by atoms with Gasteiger partial charge in [-0.1, -0.05) is 6.92 Å². The molecule has 0 aromatic rings. The van der Waals surface area contributed by atoms with Crippen LogP contribution >= 0.6 is 0 Å². The van der Waals surface area contributed by atoms with Crippen LogP contribution in [0.15, 0.2) is 0 Å². The molecule has 0 rings (SSSR count). The van der Waals surface area contributed by atoms with E-state index < -0.39 is 35.6 Å². The molecule has 110 valence electrons. The molecule has 0 saturated carbocycles. The van der Waals surface area contributed by atoms with Gasteiger partial charge in [0.05, 0.1) is 13.2 Å². The number of esters is 2. The van der Waals surface area contributed by atoms with Crippen LogP contribution in [0.25, 0.3) is 0 Å². The minimum Gasteiger partial charge on any atom is -0.478 e. The van der Waals surface area contributed by atoms with Crippen LogP contribution in [0.5, 0.6) is 0 Å². The van der Waals surface area contributed by atoms with Crippen molar-refractivity contribution in [2.75, 3.05) is 13.2 Å². The molecule has 0 aliphatic carbocycles. The monoisotopic (exact) mass is 276 g/mol. The zero-order valence-electron chi connectivity index (χ0n) is 11.3. The Balaban J connectivity index is 5.63. The molecule has 0 fully saturated rings. The highest BCUT2D eigenvalue weighted by Crippen LogP contribution is 2.30. The van der Waals surface area contributed by atoms with E-state index in [0.717, 1.165) is 6.92 Å². The van der Waals surface area contributed by atoms with Crippen LogP contribution in [0, 0.1) is 0 Å². The summed E-state index contributed by atoms with van der Waals surface area (Å²) < 4.78 is 9.57. The number of carboxylic acid groups (broad SMARTS) is 1. The van der Waals surface area contributed by atoms with Gasteiger partial charge in [0.1, 0.15) is 0 Å². The third kappa shape index (κ3) is 3.21. The van der Waals surface area contributed by atoms with Gasteiger partial charge >= 0.3 is 17.9 Å². The molecule has 0 heterocycles. The van der Waals surface area contributed by atoms with Gasteiger partial charge in [0.15, 0.2) is 5.54 Å². The smallest absolute Gasteiger partial charge is 0.350 e. The van der Waals surface area contributed by atoms with E-state index >= 15 is 0 Å². The van der Waals surface area contributed by atoms with E-state index in [1.165, 1.54) is 6.92 Å². The van der Waals surface area contributed by atoms with Crippen LogP contribution in [0.2, 0.25) is 0 Å². The number of aliphatic carboxylic acids is 1. The summed E-state index contributed by atoms with van der Waals surface area (Å²) in [6, 6.07) is 0. The average molecular weight is 276 g/mol. The number of rotatable bonds is 7. The Bertz CT molecular complexity index is 368. The Hall–Kier alpha value is -1.67. The van der Waals surface area contributed by atoms with Gasteiger partial charge in [-0.15, -0.1) is 0 Å². The van der Waals surface area contributed by atoms with Crippen molar-refractivity contribution in [2.45, 2.75) is 38.3 Å². The standard InChI is InChI=1S/C11H20N2O6/c1-4-11(8(15)16,19-7(14)6-12)10(3,13)9(17)18-5-2/h4-6,12-13H2,1-3H3,(H,15,16)/t10-,11?/m0/s1. The number of carbonyl (C=O) groups is 3. The van der Waals surface area contributed by atoms with E-state index in [9.17, 15) is 19.5 Å². The summed E-state index contributed by atoms with van der Waals surface area (Å²) in [5, 5.41) is 9.32. The number of nitrogens with two attached hydrogens (primary N) is 2. The van der Waals surface area contributed by atoms with Crippen LogP contribution in [0.4, 0.5) is 0 Å². The Labute approximate surface area is 111 Å². The van der Waals surface area contributed by atoms with Crippen molar-refractivity contribution < 1.29 is 29.0 Å². The lowest BCUT2D eigenvalue weighted by atomic mass is 9.79. The molecule has 2 atom stereocenters. The first kappa shape index (κ1) is 17.3. The third-order valence-corrected chi connectivity index (χ3v) is 2.84. The predicted molar refractivity (Wildman–Crippen MR) is 65.0 cm³/mol. The fourth-order valence-corrected chi connectivity index (χ4v) is 1.64. The molecule has 0 amide bonds. The zero-order chi connectivity index (χ0) is 15.3. The summed E-state index contributed by atoms with van der Waals surface area (Å²) in [5.41, 5.74) is 6.59. The van der Waals surface area contributed by atoms with E-state index in [-0.39, 0.29) is 13.0 Å². The molecule has 0 aliphatic heterocycles. The van der Waals surface area contributed by atoms with Crippen molar-refractivity contribution >= 4 is 17.9 Å². The third-order valence-electron chi connectivity index (χ3n) is 2.84. The number of carboxylic acids is 1. The second-order valence-electron chi connectivity index (χ2n) is 4.09. The van der Waals surface area contributed by atoms with Crippen LogP contribution in [-0.2, 0) is 23.9 Å². The molecule has 8 heteroatoms. The van der Waals surface area contributed by atoms with Crippen molar-refractivity contribution in [1.82, 2.24) is 0 Å². The Kier molecular flexibility index (Phi) is 5.91. The zero-order valence-corrected chi connectivity index (χ0v) is 11.3. The first-order valence-electron chi connectivity index (χ1n) is 5.81. The number of hydrogen-bond donors (Lipinski definition) is 3. The number of hydrogen-bond acceptors (Lipinski definition) is 7. The van der Waals surface area contributed by atoms with Crippen molar-refractivity contribution in [3.63, 3.8) is 0 Å². The fraction of sp³-hybridized carbons (Fsp3) is 0.727. The second-order valence-corrected chi connectivity index (χ2v) is 4.09. The highest BCUT2D eigenvalue weighted by molar-refractivity contribution is 5.94. The summed E-state index contributed by atoms with van der Waals surface area (Å²) in [7, 11) is 0. The average Bonchev–Trinajstić information content (AvgIpc) is 2.34. The molecule has 0 aromatic carbocycles. The first-order chi connectivity index (χ1) is 8.69. The molecular formula is C11H20N2O6. The van der Waals surface area contributed by atoms with Crippen molar-refractivity contribution in [2.24, 2.45) is 11.5 Å². The summed E-state index contributed by atoms with van der Waals surface area (Å²) >= 11 is 0. The minimum atomic E-state index is -2.23. The topological polar surface area (TPSA) is 142 Å². The Morgan fingerprint density at radius 1 is 1.26 bits per heavy atom. The summed E-state index contributed by atoms with van der Waals surface area (Å²) in [5.74, 6) is -3.47. The van der Waals surface area contributed by atoms with Gasteiger partial charge in [0.2, 0.25) is 5.60 Å². The minimum absolute atomic E-state index is 0.0237. The van der Waals surface area contributed by atoms with Gasteiger partial charge in [0, 0.05) is 0 Å². The number of ether oxygens (including phenoxy) is 2. The van der Waals surface area contributed by atoms with E-state index in [1.807, 2.05) is 0 Å². The molecule has 0 saturated heterocycles. The molecular weight excluding hydrogens is 256 g/mol. The van der Waals surface area contributed by atoms with Gasteiger partial charge < -0.3 is 26.0 Å². The molecule has 0 spiro atoms. The molecule has 8 nitrogen and oxygen atoms in total. The molecule has 0 bridgehead atoms. The highest BCUT2D eigenvalue weighted by Gasteiger charge is 2.59. The molecule has 0 radical (unpaired) electrons. The first-order valence-corrected chi connectivity index (χ1v) is 5.81. The van der Waals surface area contributed by atoms with Crippen LogP contribution in [-0.4, -0.2) is 47.3 Å². The normalized spacial score (nSPS) is 16.9. The lowest BCUT2D eigenvalue weighted by Gasteiger charge is -2.39. The Morgan fingerprint density at radius 3 is 2.11 bits per heavy atom. The van der Waals surface area contributed by atoms with Gasteiger partial charge in [-0.3, -0.25) is 4.79 Å². The lowest BCUT2D eigenvalue weighted by Crippen LogP contribution is -2.69. The summed E-state index contributed by atoms with van der Waals surface area (Å²) in [6.45, 7) is 3.63. The van der Waals surface area contributed by atoms with Crippen LogP contribution in [0.1, 0.15) is 27.2 Å². The quantitative estimate of drug-likeness (QED) is 0.503. The summed E-state index contributed by atoms with van der Waals surface area (Å²) in [6.07, 6.45) is -0.208. The molecule has 0 aliphatic rings. The van der Waals surface area contributed by atoms with Crippen LogP contribution in [0.3, 0.4) is 0 Å². The van der Waals surface area contributed by atoms with E-state index in [4.69, 9.17) is 20.9 Å². The van der Waals surface area contributed by atoms with Crippen molar-refractivity contribution in [1.29, 1.82) is 0 Å². The molecule has 19 heavy (non-hydrogen) atoms. The van der Waals surface area contributed by atoms with Gasteiger partial charge in [-0.25, -0.2) is 9.59 Å². The lowest BCUT2D eigenvalue weighted by molar-refractivity contribution is -0.193. The number of carbonyl (C=O) groups excluding carboxylic acids is 2. The van der Waals surface area contributed by atoms with Gasteiger partial charge in [0.25, 0.3) is 0 Å². The maximum Gasteiger partial charge on any atom is 0.350 e. The van der Waals surface area contributed by atoms with Crippen molar-refractivity contribution in [3.05, 3.63) is 0 Å². The van der Waals surface area contributed by atoms with E-state index in [1.54, 1.807) is 6.92 Å². The SMILES string of the molecule is CCOC(=O)[C@](C)(N)C(CC)(OC(=O)CN)C(=O)O.